The van der Waals surface area contributed by atoms with E-state index in [9.17, 15) is 10.1 Å². The Morgan fingerprint density at radius 2 is 1.97 bits per heavy atom. The molecule has 0 bridgehead atoms. The third-order valence-electron chi connectivity index (χ3n) is 4.90. The topological polar surface area (TPSA) is 78.1 Å². The maximum atomic E-state index is 12.2. The van der Waals surface area contributed by atoms with E-state index >= 15 is 0 Å². The molecule has 0 saturated carbocycles. The molecule has 31 heavy (non-hydrogen) atoms. The number of anilines is 1. The van der Waals surface area contributed by atoms with Crippen molar-refractivity contribution in [3.05, 3.63) is 69.3 Å². The lowest BCUT2D eigenvalue weighted by Gasteiger charge is -2.09. The van der Waals surface area contributed by atoms with E-state index in [2.05, 4.69) is 16.7 Å². The zero-order chi connectivity index (χ0) is 21.8. The van der Waals surface area contributed by atoms with Gasteiger partial charge in [-0.25, -0.2) is 0 Å². The van der Waals surface area contributed by atoms with Crippen molar-refractivity contribution in [1.29, 1.82) is 5.26 Å². The fourth-order valence-electron chi connectivity index (χ4n) is 3.43. The van der Waals surface area contributed by atoms with Gasteiger partial charge < -0.3 is 9.73 Å². The predicted molar refractivity (Wildman–Crippen MR) is 128 cm³/mol. The number of furan rings is 1. The standard InChI is InChI=1S/C23H18ClN3O2S2/c24-15-7-5-14(6-8-15)19-11-9-16(29-19)10-12-21(28)26-23(30)27-22-18(13-25)17-3-1-2-4-20(17)31-22/h5-12H,1-4H2,(H2,26,27,28,30). The number of rotatable bonds is 4. The highest BCUT2D eigenvalue weighted by Gasteiger charge is 2.21. The Morgan fingerprint density at radius 3 is 2.74 bits per heavy atom. The molecule has 2 aromatic heterocycles. The van der Waals surface area contributed by atoms with Crippen LogP contribution in [0.15, 0.2) is 46.9 Å². The number of amides is 1. The monoisotopic (exact) mass is 467 g/mol. The van der Waals surface area contributed by atoms with Gasteiger partial charge in [-0.15, -0.1) is 11.3 Å². The minimum absolute atomic E-state index is 0.158. The molecule has 0 radical (unpaired) electrons. The first kappa shape index (κ1) is 21.3. The Hall–Kier alpha value is -2.92. The van der Waals surface area contributed by atoms with Crippen molar-refractivity contribution < 1.29 is 9.21 Å². The van der Waals surface area contributed by atoms with Crippen molar-refractivity contribution >= 4 is 57.3 Å². The van der Waals surface area contributed by atoms with Crippen LogP contribution in [-0.2, 0) is 17.6 Å². The molecule has 156 valence electrons. The first-order valence-corrected chi connectivity index (χ1v) is 11.3. The van der Waals surface area contributed by atoms with Crippen LogP contribution in [0.4, 0.5) is 5.00 Å². The van der Waals surface area contributed by atoms with Gasteiger partial charge in [0.2, 0.25) is 5.91 Å². The van der Waals surface area contributed by atoms with Gasteiger partial charge in [-0.05, 0) is 85.9 Å². The summed E-state index contributed by atoms with van der Waals surface area (Å²) in [4.78, 5) is 13.5. The molecule has 5 nitrogen and oxygen atoms in total. The fraction of sp³-hybridized carbons (Fsp3) is 0.174. The van der Waals surface area contributed by atoms with Gasteiger partial charge in [-0.3, -0.25) is 10.1 Å². The summed E-state index contributed by atoms with van der Waals surface area (Å²) in [5.74, 6) is 0.832. The van der Waals surface area contributed by atoms with E-state index in [1.807, 2.05) is 18.2 Å². The van der Waals surface area contributed by atoms with Crippen LogP contribution in [0.3, 0.4) is 0 Å². The normalized spacial score (nSPS) is 12.9. The van der Waals surface area contributed by atoms with Crippen molar-refractivity contribution in [2.24, 2.45) is 0 Å². The highest BCUT2D eigenvalue weighted by molar-refractivity contribution is 7.80. The Bertz CT molecular complexity index is 1200. The van der Waals surface area contributed by atoms with Crippen molar-refractivity contribution in [3.8, 4) is 17.4 Å². The lowest BCUT2D eigenvalue weighted by atomic mass is 9.96. The third kappa shape index (κ3) is 5.05. The van der Waals surface area contributed by atoms with E-state index in [4.69, 9.17) is 28.2 Å². The zero-order valence-corrected chi connectivity index (χ0v) is 18.8. The summed E-state index contributed by atoms with van der Waals surface area (Å²) in [5, 5.41) is 16.6. The minimum atomic E-state index is -0.387. The molecule has 2 N–H and O–H groups in total. The summed E-state index contributed by atoms with van der Waals surface area (Å²) in [5.41, 5.74) is 2.65. The summed E-state index contributed by atoms with van der Waals surface area (Å²) >= 11 is 12.7. The van der Waals surface area contributed by atoms with Crippen LogP contribution in [-0.4, -0.2) is 11.0 Å². The lowest BCUT2D eigenvalue weighted by molar-refractivity contribution is -0.115. The second kappa shape index (κ2) is 9.48. The summed E-state index contributed by atoms with van der Waals surface area (Å²) in [6.45, 7) is 0. The van der Waals surface area contributed by atoms with Gasteiger partial charge in [0.15, 0.2) is 5.11 Å². The number of nitrogens with zero attached hydrogens (tertiary/aromatic N) is 1. The number of fused-ring (bicyclic) bond motifs is 1. The number of thiophene rings is 1. The van der Waals surface area contributed by atoms with Crippen molar-refractivity contribution in [3.63, 3.8) is 0 Å². The molecule has 0 unspecified atom stereocenters. The summed E-state index contributed by atoms with van der Waals surface area (Å²) in [6.07, 6.45) is 7.05. The maximum absolute atomic E-state index is 12.2. The Balaban J connectivity index is 1.36. The number of nitriles is 1. The SMILES string of the molecule is N#Cc1c(NC(=S)NC(=O)C=Cc2ccc(-c3ccc(Cl)cc3)o2)sc2c1CCCC2. The summed E-state index contributed by atoms with van der Waals surface area (Å²) in [6, 6.07) is 13.2. The van der Waals surface area contributed by atoms with Crippen molar-refractivity contribution in [2.45, 2.75) is 25.7 Å². The van der Waals surface area contributed by atoms with Crippen LogP contribution < -0.4 is 10.6 Å². The largest absolute Gasteiger partial charge is 0.457 e. The summed E-state index contributed by atoms with van der Waals surface area (Å²) in [7, 11) is 0. The first-order chi connectivity index (χ1) is 15.0. The molecule has 1 aliphatic rings. The molecule has 2 heterocycles. The van der Waals surface area contributed by atoms with E-state index in [-0.39, 0.29) is 11.0 Å². The van der Waals surface area contributed by atoms with Crippen LogP contribution in [0.25, 0.3) is 17.4 Å². The predicted octanol–water partition coefficient (Wildman–Crippen LogP) is 5.94. The number of hydrogen-bond donors (Lipinski definition) is 2. The van der Waals surface area contributed by atoms with E-state index in [0.29, 0.717) is 27.1 Å². The second-order valence-electron chi connectivity index (χ2n) is 7.01. The van der Waals surface area contributed by atoms with Crippen LogP contribution in [0, 0.1) is 11.3 Å². The van der Waals surface area contributed by atoms with E-state index in [0.717, 1.165) is 36.8 Å². The Kier molecular flexibility index (Phi) is 6.52. The van der Waals surface area contributed by atoms with Gasteiger partial charge in [-0.1, -0.05) is 11.6 Å². The van der Waals surface area contributed by atoms with Crippen LogP contribution in [0.2, 0.25) is 5.02 Å². The van der Waals surface area contributed by atoms with Gasteiger partial charge in [0.05, 0.1) is 5.56 Å². The molecule has 3 aromatic rings. The molecule has 0 aliphatic heterocycles. The number of benzene rings is 1. The fourth-order valence-corrected chi connectivity index (χ4v) is 5.07. The molecule has 1 aliphatic carbocycles. The maximum Gasteiger partial charge on any atom is 0.250 e. The average molecular weight is 468 g/mol. The number of halogens is 1. The smallest absolute Gasteiger partial charge is 0.250 e. The molecular formula is C23H18ClN3O2S2. The van der Waals surface area contributed by atoms with Gasteiger partial charge in [0.25, 0.3) is 0 Å². The second-order valence-corrected chi connectivity index (χ2v) is 8.96. The van der Waals surface area contributed by atoms with Gasteiger partial charge in [-0.2, -0.15) is 5.26 Å². The van der Waals surface area contributed by atoms with Crippen LogP contribution in [0.5, 0.6) is 0 Å². The van der Waals surface area contributed by atoms with Gasteiger partial charge >= 0.3 is 0 Å². The molecule has 8 heteroatoms. The average Bonchev–Trinajstić information content (AvgIpc) is 3.36. The van der Waals surface area contributed by atoms with E-state index < -0.39 is 0 Å². The summed E-state index contributed by atoms with van der Waals surface area (Å²) < 4.78 is 5.74. The Labute approximate surface area is 194 Å². The highest BCUT2D eigenvalue weighted by Crippen LogP contribution is 2.37. The van der Waals surface area contributed by atoms with Crippen molar-refractivity contribution in [2.75, 3.05) is 5.32 Å². The quantitative estimate of drug-likeness (QED) is 0.367. The molecule has 0 saturated heterocycles. The number of thiocarbonyl (C=S) groups is 1. The zero-order valence-electron chi connectivity index (χ0n) is 16.4. The molecular weight excluding hydrogens is 450 g/mol. The molecule has 0 fully saturated rings. The molecule has 0 atom stereocenters. The highest BCUT2D eigenvalue weighted by atomic mass is 35.5. The molecule has 0 spiro atoms. The van der Waals surface area contributed by atoms with Crippen molar-refractivity contribution in [1.82, 2.24) is 5.32 Å². The van der Waals surface area contributed by atoms with Crippen LogP contribution in [0.1, 0.15) is 34.6 Å². The Morgan fingerprint density at radius 1 is 1.19 bits per heavy atom. The molecule has 1 aromatic carbocycles. The third-order valence-corrected chi connectivity index (χ3v) is 6.56. The van der Waals surface area contributed by atoms with Crippen LogP contribution >= 0.6 is 35.2 Å². The number of nitrogens with one attached hydrogen (secondary N) is 2. The first-order valence-electron chi connectivity index (χ1n) is 9.74. The number of carbonyl (C=O) groups is 1. The van der Waals surface area contributed by atoms with E-state index in [1.165, 1.54) is 22.3 Å². The molecule has 1 amide bonds. The van der Waals surface area contributed by atoms with Gasteiger partial charge in [0.1, 0.15) is 22.6 Å². The van der Waals surface area contributed by atoms with Gasteiger partial charge in [0, 0.05) is 21.5 Å². The minimum Gasteiger partial charge on any atom is -0.457 e. The lowest BCUT2D eigenvalue weighted by Crippen LogP contribution is -2.32. The number of carbonyl (C=O) groups excluding carboxylic acids is 1. The number of hydrogen-bond acceptors (Lipinski definition) is 5. The number of aryl methyl sites for hydroxylation is 1. The molecule has 4 rings (SSSR count). The van der Waals surface area contributed by atoms with E-state index in [1.54, 1.807) is 24.3 Å².